The van der Waals surface area contributed by atoms with E-state index in [9.17, 15) is 4.79 Å². The standard InChI is InChI=1S/C11H18N2O4S/c1-4-16-8(17-5-2)6-18-11-12-7(3)9(13-11)10(14)15/h8H,4-6H2,1-3H3,(H,12,13)(H,14,15). The highest BCUT2D eigenvalue weighted by atomic mass is 32.2. The van der Waals surface area contributed by atoms with E-state index in [0.717, 1.165) is 0 Å². The zero-order valence-corrected chi connectivity index (χ0v) is 11.5. The summed E-state index contributed by atoms with van der Waals surface area (Å²) in [5.41, 5.74) is 0.608. The van der Waals surface area contributed by atoms with Gasteiger partial charge in [0.2, 0.25) is 0 Å². The van der Waals surface area contributed by atoms with Crippen LogP contribution in [0.2, 0.25) is 0 Å². The molecule has 0 radical (unpaired) electrons. The van der Waals surface area contributed by atoms with E-state index >= 15 is 0 Å². The quantitative estimate of drug-likeness (QED) is 0.556. The maximum absolute atomic E-state index is 10.8. The SMILES string of the molecule is CCOC(CSc1nc(C(=O)O)c(C)[nH]1)OCC. The third kappa shape index (κ3) is 4.32. The molecule has 7 heteroatoms. The van der Waals surface area contributed by atoms with E-state index in [1.54, 1.807) is 6.92 Å². The van der Waals surface area contributed by atoms with Gasteiger partial charge in [0.1, 0.15) is 0 Å². The van der Waals surface area contributed by atoms with Crippen LogP contribution in [0.1, 0.15) is 30.0 Å². The first kappa shape index (κ1) is 15.0. The molecule has 1 heterocycles. The van der Waals surface area contributed by atoms with Crippen molar-refractivity contribution in [2.75, 3.05) is 19.0 Å². The summed E-state index contributed by atoms with van der Waals surface area (Å²) in [7, 11) is 0. The highest BCUT2D eigenvalue weighted by Gasteiger charge is 2.15. The van der Waals surface area contributed by atoms with E-state index in [1.807, 2.05) is 13.8 Å². The molecule has 0 aliphatic rings. The van der Waals surface area contributed by atoms with Crippen LogP contribution in [-0.2, 0) is 9.47 Å². The van der Waals surface area contributed by atoms with Crippen LogP contribution >= 0.6 is 11.8 Å². The minimum Gasteiger partial charge on any atom is -0.476 e. The zero-order chi connectivity index (χ0) is 13.5. The Bertz CT molecular complexity index is 388. The molecular weight excluding hydrogens is 256 g/mol. The number of aromatic carboxylic acids is 1. The number of hydrogen-bond donors (Lipinski definition) is 2. The highest BCUT2D eigenvalue weighted by molar-refractivity contribution is 7.99. The largest absolute Gasteiger partial charge is 0.476 e. The van der Waals surface area contributed by atoms with E-state index < -0.39 is 5.97 Å². The lowest BCUT2D eigenvalue weighted by atomic mass is 10.4. The van der Waals surface area contributed by atoms with Crippen LogP contribution in [0, 0.1) is 6.92 Å². The molecule has 0 aromatic carbocycles. The number of aryl methyl sites for hydroxylation is 1. The molecule has 0 fully saturated rings. The number of imidazole rings is 1. The Balaban J connectivity index is 2.56. The van der Waals surface area contributed by atoms with Crippen LogP contribution in [0.25, 0.3) is 0 Å². The molecule has 1 rings (SSSR count). The van der Waals surface area contributed by atoms with Crippen LogP contribution < -0.4 is 0 Å². The summed E-state index contributed by atoms with van der Waals surface area (Å²) in [5.74, 6) is -0.463. The minimum atomic E-state index is -1.03. The van der Waals surface area contributed by atoms with Gasteiger partial charge in [-0.2, -0.15) is 0 Å². The second-order valence-electron chi connectivity index (χ2n) is 3.47. The Labute approximate surface area is 110 Å². The molecule has 0 bridgehead atoms. The van der Waals surface area contributed by atoms with Crippen LogP contribution in [0.5, 0.6) is 0 Å². The van der Waals surface area contributed by atoms with Crippen molar-refractivity contribution in [3.63, 3.8) is 0 Å². The second-order valence-corrected chi connectivity index (χ2v) is 4.48. The lowest BCUT2D eigenvalue weighted by Gasteiger charge is -2.15. The number of aromatic amines is 1. The molecule has 0 saturated carbocycles. The monoisotopic (exact) mass is 274 g/mol. The van der Waals surface area contributed by atoms with Crippen molar-refractivity contribution in [2.45, 2.75) is 32.2 Å². The Morgan fingerprint density at radius 1 is 1.44 bits per heavy atom. The van der Waals surface area contributed by atoms with Crippen LogP contribution in [-0.4, -0.2) is 46.3 Å². The first-order chi connectivity index (χ1) is 8.58. The van der Waals surface area contributed by atoms with Crippen molar-refractivity contribution in [3.05, 3.63) is 11.4 Å². The number of aromatic nitrogens is 2. The fraction of sp³-hybridized carbons (Fsp3) is 0.636. The topological polar surface area (TPSA) is 84.4 Å². The van der Waals surface area contributed by atoms with Crippen LogP contribution in [0.3, 0.4) is 0 Å². The number of hydrogen-bond acceptors (Lipinski definition) is 5. The fourth-order valence-corrected chi connectivity index (χ4v) is 2.24. The Morgan fingerprint density at radius 3 is 2.50 bits per heavy atom. The maximum atomic E-state index is 10.8. The normalized spacial score (nSPS) is 11.1. The van der Waals surface area contributed by atoms with Gasteiger partial charge in [-0.3, -0.25) is 0 Å². The third-order valence-corrected chi connectivity index (χ3v) is 3.03. The van der Waals surface area contributed by atoms with Gasteiger partial charge in [-0.1, -0.05) is 11.8 Å². The number of H-pyrrole nitrogens is 1. The second kappa shape index (κ2) is 7.40. The van der Waals surface area contributed by atoms with Gasteiger partial charge in [0.15, 0.2) is 17.1 Å². The molecule has 2 N–H and O–H groups in total. The fourth-order valence-electron chi connectivity index (χ4n) is 1.37. The summed E-state index contributed by atoms with van der Waals surface area (Å²) in [6.07, 6.45) is -0.302. The third-order valence-electron chi connectivity index (χ3n) is 2.13. The van der Waals surface area contributed by atoms with Gasteiger partial charge in [-0.05, 0) is 20.8 Å². The van der Waals surface area contributed by atoms with Crippen molar-refractivity contribution in [1.82, 2.24) is 9.97 Å². The molecular formula is C11H18N2O4S. The van der Waals surface area contributed by atoms with Crippen LogP contribution in [0.4, 0.5) is 0 Å². The summed E-state index contributed by atoms with van der Waals surface area (Å²) in [5, 5.41) is 9.45. The zero-order valence-electron chi connectivity index (χ0n) is 10.7. The number of carboxylic acids is 1. The molecule has 6 nitrogen and oxygen atoms in total. The van der Waals surface area contributed by atoms with Gasteiger partial charge < -0.3 is 19.6 Å². The van der Waals surface area contributed by atoms with Gasteiger partial charge in [0, 0.05) is 18.9 Å². The average Bonchev–Trinajstić information content (AvgIpc) is 2.68. The lowest BCUT2D eigenvalue weighted by molar-refractivity contribution is -0.120. The molecule has 0 spiro atoms. The van der Waals surface area contributed by atoms with Crippen molar-refractivity contribution in [3.8, 4) is 0 Å². The van der Waals surface area contributed by atoms with Crippen molar-refractivity contribution in [1.29, 1.82) is 0 Å². The average molecular weight is 274 g/mol. The Hall–Kier alpha value is -1.05. The van der Waals surface area contributed by atoms with Gasteiger partial charge in [-0.15, -0.1) is 0 Å². The Morgan fingerprint density at radius 2 is 2.06 bits per heavy atom. The van der Waals surface area contributed by atoms with E-state index in [1.165, 1.54) is 11.8 Å². The molecule has 0 aliphatic heterocycles. The molecule has 102 valence electrons. The maximum Gasteiger partial charge on any atom is 0.356 e. The van der Waals surface area contributed by atoms with Gasteiger partial charge in [0.05, 0.1) is 5.75 Å². The summed E-state index contributed by atoms with van der Waals surface area (Å²) in [4.78, 5) is 17.8. The molecule has 1 aromatic rings. The van der Waals surface area contributed by atoms with E-state index in [2.05, 4.69) is 9.97 Å². The van der Waals surface area contributed by atoms with E-state index in [-0.39, 0.29) is 12.0 Å². The number of ether oxygens (including phenoxy) is 2. The van der Waals surface area contributed by atoms with Crippen LogP contribution in [0.15, 0.2) is 5.16 Å². The number of carboxylic acid groups (broad SMARTS) is 1. The number of carbonyl (C=O) groups is 1. The van der Waals surface area contributed by atoms with Gasteiger partial charge in [-0.25, -0.2) is 9.78 Å². The lowest BCUT2D eigenvalue weighted by Crippen LogP contribution is -2.20. The van der Waals surface area contributed by atoms with Gasteiger partial charge in [0.25, 0.3) is 0 Å². The predicted molar refractivity (Wildman–Crippen MR) is 68.0 cm³/mol. The van der Waals surface area contributed by atoms with Crippen molar-refractivity contribution >= 4 is 17.7 Å². The number of nitrogens with zero attached hydrogens (tertiary/aromatic N) is 1. The molecule has 1 aromatic heterocycles. The summed E-state index contributed by atoms with van der Waals surface area (Å²) < 4.78 is 10.8. The van der Waals surface area contributed by atoms with Crippen molar-refractivity contribution < 1.29 is 19.4 Å². The Kier molecular flexibility index (Phi) is 6.17. The number of thioether (sulfide) groups is 1. The van der Waals surface area contributed by atoms with Crippen molar-refractivity contribution in [2.24, 2.45) is 0 Å². The predicted octanol–water partition coefficient (Wildman–Crippen LogP) is 1.91. The summed E-state index contributed by atoms with van der Waals surface area (Å²) >= 11 is 1.38. The molecule has 0 saturated heterocycles. The van der Waals surface area contributed by atoms with Gasteiger partial charge >= 0.3 is 5.97 Å². The summed E-state index contributed by atoms with van der Waals surface area (Å²) in [6, 6.07) is 0. The molecule has 0 atom stereocenters. The highest BCUT2D eigenvalue weighted by Crippen LogP contribution is 2.19. The first-order valence-corrected chi connectivity index (χ1v) is 6.72. The minimum absolute atomic E-state index is 0.0573. The smallest absolute Gasteiger partial charge is 0.356 e. The number of rotatable bonds is 8. The molecule has 0 amide bonds. The first-order valence-electron chi connectivity index (χ1n) is 5.74. The number of nitrogens with one attached hydrogen (secondary N) is 1. The molecule has 18 heavy (non-hydrogen) atoms. The summed E-state index contributed by atoms with van der Waals surface area (Å²) in [6.45, 7) is 6.63. The molecule has 0 unspecified atom stereocenters. The molecule has 0 aliphatic carbocycles. The van der Waals surface area contributed by atoms with E-state index in [4.69, 9.17) is 14.6 Å². The van der Waals surface area contributed by atoms with E-state index in [0.29, 0.717) is 29.8 Å².